The van der Waals surface area contributed by atoms with Crippen LogP contribution in [0, 0.1) is 12.3 Å². The average molecular weight is 290 g/mol. The van der Waals surface area contributed by atoms with Crippen LogP contribution >= 0.6 is 0 Å². The molecule has 1 aliphatic carbocycles. The van der Waals surface area contributed by atoms with E-state index in [1.54, 1.807) is 0 Å². The molecule has 1 amide bonds. The first kappa shape index (κ1) is 15.9. The maximum absolute atomic E-state index is 12.1. The van der Waals surface area contributed by atoms with Crippen molar-refractivity contribution in [1.82, 2.24) is 9.80 Å². The van der Waals surface area contributed by atoms with E-state index >= 15 is 0 Å². The molecule has 1 heterocycles. The summed E-state index contributed by atoms with van der Waals surface area (Å²) >= 11 is 0. The van der Waals surface area contributed by atoms with E-state index in [0.717, 1.165) is 31.5 Å². The molecule has 2 atom stereocenters. The number of carbonyl (C=O) groups is 1. The molecule has 1 aliphatic heterocycles. The third-order valence-electron chi connectivity index (χ3n) is 4.04. The molecule has 2 aliphatic rings. The van der Waals surface area contributed by atoms with Crippen LogP contribution in [-0.2, 0) is 4.74 Å². The zero-order valence-corrected chi connectivity index (χ0v) is 13.6. The van der Waals surface area contributed by atoms with E-state index in [4.69, 9.17) is 11.2 Å². The molecule has 2 unspecified atom stereocenters. The Hall–Kier alpha value is -1.47. The van der Waals surface area contributed by atoms with E-state index < -0.39 is 5.60 Å². The lowest BCUT2D eigenvalue weighted by Crippen LogP contribution is -2.56. The highest BCUT2D eigenvalue weighted by molar-refractivity contribution is 5.68. The predicted molar refractivity (Wildman–Crippen MR) is 83.9 cm³/mol. The van der Waals surface area contributed by atoms with Gasteiger partial charge in [0, 0.05) is 31.7 Å². The number of terminal acetylenes is 1. The molecular formula is C17H26N2O2. The number of nitrogens with zero attached hydrogens (tertiary/aromatic N) is 2. The van der Waals surface area contributed by atoms with Crippen LogP contribution in [0.15, 0.2) is 11.6 Å². The normalized spacial score (nSPS) is 27.2. The highest BCUT2D eigenvalue weighted by Crippen LogP contribution is 2.26. The molecule has 0 aromatic rings. The molecular weight excluding hydrogens is 264 g/mol. The fraction of sp³-hybridized carbons (Fsp3) is 0.706. The summed E-state index contributed by atoms with van der Waals surface area (Å²) < 4.78 is 5.45. The van der Waals surface area contributed by atoms with Gasteiger partial charge in [0.25, 0.3) is 0 Å². The smallest absolute Gasteiger partial charge is 0.410 e. The SMILES string of the molecule is C#CC1=CC(N2CCN(C(=O)OC(C)(C)C)CC2C)CC1. The first-order valence-electron chi connectivity index (χ1n) is 7.71. The summed E-state index contributed by atoms with van der Waals surface area (Å²) in [5, 5.41) is 0. The minimum atomic E-state index is -0.437. The summed E-state index contributed by atoms with van der Waals surface area (Å²) in [6.07, 6.45) is 9.57. The van der Waals surface area contributed by atoms with Crippen LogP contribution in [-0.4, -0.2) is 53.2 Å². The lowest BCUT2D eigenvalue weighted by atomic mass is 10.1. The number of ether oxygens (including phenoxy) is 1. The number of piperazine rings is 1. The molecule has 21 heavy (non-hydrogen) atoms. The Labute approximate surface area is 128 Å². The van der Waals surface area contributed by atoms with Crippen LogP contribution in [0.5, 0.6) is 0 Å². The van der Waals surface area contributed by atoms with E-state index in [9.17, 15) is 4.79 Å². The second-order valence-electron chi connectivity index (χ2n) is 6.96. The molecule has 1 fully saturated rings. The largest absolute Gasteiger partial charge is 0.444 e. The maximum atomic E-state index is 12.1. The standard InChI is InChI=1S/C17H26N2O2/c1-6-14-7-8-15(11-14)19-10-9-18(12-13(19)2)16(20)21-17(3,4)5/h1,11,13,15H,7-10,12H2,2-5H3. The Morgan fingerprint density at radius 1 is 1.43 bits per heavy atom. The van der Waals surface area contributed by atoms with Crippen molar-refractivity contribution in [2.45, 2.75) is 58.2 Å². The molecule has 4 heteroatoms. The highest BCUT2D eigenvalue weighted by atomic mass is 16.6. The minimum Gasteiger partial charge on any atom is -0.444 e. The number of hydrogen-bond donors (Lipinski definition) is 0. The van der Waals surface area contributed by atoms with Crippen molar-refractivity contribution in [3.05, 3.63) is 11.6 Å². The summed E-state index contributed by atoms with van der Waals surface area (Å²) in [5.74, 6) is 2.75. The number of rotatable bonds is 1. The van der Waals surface area contributed by atoms with Gasteiger partial charge in [0.2, 0.25) is 0 Å². The van der Waals surface area contributed by atoms with E-state index in [-0.39, 0.29) is 6.09 Å². The lowest BCUT2D eigenvalue weighted by Gasteiger charge is -2.42. The Bertz CT molecular complexity index is 470. The van der Waals surface area contributed by atoms with Crippen LogP contribution < -0.4 is 0 Å². The summed E-state index contributed by atoms with van der Waals surface area (Å²) in [6.45, 7) is 10.2. The van der Waals surface area contributed by atoms with E-state index in [1.165, 1.54) is 0 Å². The third kappa shape index (κ3) is 4.01. The molecule has 0 aromatic heterocycles. The molecule has 0 bridgehead atoms. The minimum absolute atomic E-state index is 0.208. The van der Waals surface area contributed by atoms with Crippen LogP contribution in [0.2, 0.25) is 0 Å². The Kier molecular flexibility index (Phi) is 4.63. The van der Waals surface area contributed by atoms with Crippen molar-refractivity contribution >= 4 is 6.09 Å². The summed E-state index contributed by atoms with van der Waals surface area (Å²) in [4.78, 5) is 16.4. The van der Waals surface area contributed by atoms with Crippen molar-refractivity contribution in [3.8, 4) is 12.3 Å². The fourth-order valence-corrected chi connectivity index (χ4v) is 3.04. The Morgan fingerprint density at radius 2 is 2.14 bits per heavy atom. The van der Waals surface area contributed by atoms with Crippen molar-refractivity contribution in [2.75, 3.05) is 19.6 Å². The second kappa shape index (κ2) is 6.11. The van der Waals surface area contributed by atoms with Crippen LogP contribution in [0.3, 0.4) is 0 Å². The van der Waals surface area contributed by atoms with Gasteiger partial charge in [-0.2, -0.15) is 0 Å². The van der Waals surface area contributed by atoms with Gasteiger partial charge in [-0.3, -0.25) is 4.90 Å². The Morgan fingerprint density at radius 3 is 2.67 bits per heavy atom. The van der Waals surface area contributed by atoms with Gasteiger partial charge in [0.05, 0.1) is 0 Å². The summed E-state index contributed by atoms with van der Waals surface area (Å²) in [5.41, 5.74) is 0.676. The van der Waals surface area contributed by atoms with Gasteiger partial charge < -0.3 is 9.64 Å². The second-order valence-corrected chi connectivity index (χ2v) is 6.96. The monoisotopic (exact) mass is 290 g/mol. The topological polar surface area (TPSA) is 32.8 Å². The molecule has 0 radical (unpaired) electrons. The van der Waals surface area contributed by atoms with Crippen molar-refractivity contribution < 1.29 is 9.53 Å². The molecule has 0 spiro atoms. The molecule has 1 saturated heterocycles. The number of allylic oxidation sites excluding steroid dienone is 1. The van der Waals surface area contributed by atoms with Gasteiger partial charge in [0.15, 0.2) is 0 Å². The van der Waals surface area contributed by atoms with Gasteiger partial charge in [0.1, 0.15) is 5.60 Å². The van der Waals surface area contributed by atoms with Gasteiger partial charge in [-0.1, -0.05) is 12.0 Å². The molecule has 116 valence electrons. The van der Waals surface area contributed by atoms with Crippen LogP contribution in [0.4, 0.5) is 4.79 Å². The third-order valence-corrected chi connectivity index (χ3v) is 4.04. The van der Waals surface area contributed by atoms with Gasteiger partial charge >= 0.3 is 6.09 Å². The predicted octanol–water partition coefficient (Wildman–Crippen LogP) is 2.65. The molecule has 0 aromatic carbocycles. The molecule has 4 nitrogen and oxygen atoms in total. The zero-order valence-electron chi connectivity index (χ0n) is 13.6. The lowest BCUT2D eigenvalue weighted by molar-refractivity contribution is 0.00164. The van der Waals surface area contributed by atoms with Gasteiger partial charge in [-0.05, 0) is 46.1 Å². The quantitative estimate of drug-likeness (QED) is 0.696. The highest BCUT2D eigenvalue weighted by Gasteiger charge is 2.33. The van der Waals surface area contributed by atoms with E-state index in [2.05, 4.69) is 23.8 Å². The first-order valence-corrected chi connectivity index (χ1v) is 7.71. The fourth-order valence-electron chi connectivity index (χ4n) is 3.04. The number of hydrogen-bond acceptors (Lipinski definition) is 3. The Balaban J connectivity index is 1.92. The van der Waals surface area contributed by atoms with Crippen molar-refractivity contribution in [3.63, 3.8) is 0 Å². The zero-order chi connectivity index (χ0) is 15.6. The first-order chi connectivity index (χ1) is 9.80. The van der Waals surface area contributed by atoms with Crippen LogP contribution in [0.25, 0.3) is 0 Å². The van der Waals surface area contributed by atoms with E-state index in [0.29, 0.717) is 18.6 Å². The van der Waals surface area contributed by atoms with Gasteiger partial charge in [-0.25, -0.2) is 4.79 Å². The van der Waals surface area contributed by atoms with Crippen molar-refractivity contribution in [2.24, 2.45) is 0 Å². The molecule has 0 N–H and O–H groups in total. The average Bonchev–Trinajstić information content (AvgIpc) is 2.85. The van der Waals surface area contributed by atoms with Crippen LogP contribution in [0.1, 0.15) is 40.5 Å². The van der Waals surface area contributed by atoms with E-state index in [1.807, 2.05) is 25.7 Å². The van der Waals surface area contributed by atoms with Crippen molar-refractivity contribution in [1.29, 1.82) is 0 Å². The maximum Gasteiger partial charge on any atom is 0.410 e. The summed E-state index contributed by atoms with van der Waals surface area (Å²) in [7, 11) is 0. The van der Waals surface area contributed by atoms with Gasteiger partial charge in [-0.15, -0.1) is 6.42 Å². The number of carbonyl (C=O) groups excluding carboxylic acids is 1. The molecule has 0 saturated carbocycles. The number of amides is 1. The molecule has 2 rings (SSSR count). The summed E-state index contributed by atoms with van der Waals surface area (Å²) in [6, 6.07) is 0.747.